The molecule has 0 bridgehead atoms. The van der Waals surface area contributed by atoms with Crippen molar-refractivity contribution in [1.82, 2.24) is 14.7 Å². The number of allylic oxidation sites excluding steroid dienone is 2. The highest BCUT2D eigenvalue weighted by Crippen LogP contribution is 2.15. The molecule has 0 aromatic heterocycles. The molecule has 8 heteroatoms. The number of carbonyl (C=O) groups is 2. The molecule has 0 radical (unpaired) electrons. The van der Waals surface area contributed by atoms with E-state index >= 15 is 0 Å². The Balaban J connectivity index is 3.55. The van der Waals surface area contributed by atoms with E-state index in [0.29, 0.717) is 26.1 Å². The van der Waals surface area contributed by atoms with E-state index < -0.39 is 0 Å². The van der Waals surface area contributed by atoms with E-state index in [9.17, 15) is 14.7 Å². The normalized spacial score (nSPS) is 12.0. The molecule has 0 spiro atoms. The second-order valence-electron chi connectivity index (χ2n) is 21.1. The zero-order chi connectivity index (χ0) is 51.6. The summed E-state index contributed by atoms with van der Waals surface area (Å²) >= 11 is 0. The van der Waals surface area contributed by atoms with E-state index in [-0.39, 0.29) is 18.5 Å². The van der Waals surface area contributed by atoms with Gasteiger partial charge in [0.25, 0.3) is 0 Å². The maximum Gasteiger partial charge on any atom is 0.305 e. The lowest BCUT2D eigenvalue weighted by atomic mass is 10.1. The number of rotatable bonds is 59. The van der Waals surface area contributed by atoms with Crippen molar-refractivity contribution in [3.05, 3.63) is 24.3 Å². The molecule has 0 aliphatic rings. The highest BCUT2D eigenvalue weighted by Gasteiger charge is 2.08. The Kier molecular flexibility index (Phi) is 57.7. The predicted octanol–water partition coefficient (Wildman–Crippen LogP) is 17.2. The fourth-order valence-corrected chi connectivity index (χ4v) is 9.66. The first-order valence-corrected chi connectivity index (χ1v) is 31.4. The lowest BCUT2D eigenvalue weighted by Crippen LogP contribution is -2.29. The smallest absolute Gasteiger partial charge is 0.305 e. The Morgan fingerprint density at radius 2 is 0.620 bits per heavy atom. The molecule has 0 aliphatic heterocycles. The number of unbranched alkanes of at least 4 members (excludes halogenated alkanes) is 31. The number of aliphatic hydroxyl groups is 1. The molecular formula is C63H123N3O5. The minimum absolute atomic E-state index is 0.0128. The molecule has 0 aromatic rings. The zero-order valence-electron chi connectivity index (χ0n) is 48.2. The maximum atomic E-state index is 12.2. The highest BCUT2D eigenvalue weighted by atomic mass is 16.5. The van der Waals surface area contributed by atoms with Gasteiger partial charge in [-0.25, -0.2) is 0 Å². The summed E-state index contributed by atoms with van der Waals surface area (Å²) in [6, 6.07) is 0. The largest absolute Gasteiger partial charge is 0.466 e. The molecule has 0 amide bonds. The lowest BCUT2D eigenvalue weighted by Gasteiger charge is -2.21. The standard InChI is InChI=1S/C63H123N3O5/c1-5-9-11-13-22-32-42-52-64(7-3)54-44-34-24-15-16-28-38-48-60-70-62(68)50-40-30-20-17-25-36-46-56-66(58-59-67)57-47-37-26-18-21-31-41-51-63(69)71-61-49-39-29-19-27-35-45-55-65(8-4)53-43-33-23-14-12-10-6-2/h22-23,32-33,67H,5-21,24-31,34-61H2,1-4H3/b32-22-,33-23-. The summed E-state index contributed by atoms with van der Waals surface area (Å²) in [5.74, 6) is -0.0269. The van der Waals surface area contributed by atoms with E-state index in [0.717, 1.165) is 77.7 Å². The Hall–Kier alpha value is -1.74. The Morgan fingerprint density at radius 3 is 0.944 bits per heavy atom. The van der Waals surface area contributed by atoms with Gasteiger partial charge < -0.3 is 29.3 Å². The molecule has 0 atom stereocenters. The first-order valence-electron chi connectivity index (χ1n) is 31.4. The Morgan fingerprint density at radius 1 is 0.324 bits per heavy atom. The summed E-state index contributed by atoms with van der Waals surface area (Å²) in [5, 5.41) is 9.60. The van der Waals surface area contributed by atoms with Crippen molar-refractivity contribution < 1.29 is 24.2 Å². The van der Waals surface area contributed by atoms with Crippen LogP contribution in [0.4, 0.5) is 0 Å². The van der Waals surface area contributed by atoms with Crippen LogP contribution in [0.2, 0.25) is 0 Å². The minimum Gasteiger partial charge on any atom is -0.466 e. The fraction of sp³-hybridized carbons (Fsp3) is 0.905. The van der Waals surface area contributed by atoms with E-state index in [1.54, 1.807) is 0 Å². The second-order valence-corrected chi connectivity index (χ2v) is 21.1. The molecule has 8 nitrogen and oxygen atoms in total. The summed E-state index contributed by atoms with van der Waals surface area (Å²) in [6.45, 7) is 20.6. The van der Waals surface area contributed by atoms with Crippen LogP contribution in [0.5, 0.6) is 0 Å². The van der Waals surface area contributed by atoms with Crippen molar-refractivity contribution >= 4 is 11.9 Å². The van der Waals surface area contributed by atoms with Crippen LogP contribution < -0.4 is 0 Å². The molecule has 0 heterocycles. The van der Waals surface area contributed by atoms with Crippen LogP contribution in [0.25, 0.3) is 0 Å². The lowest BCUT2D eigenvalue weighted by molar-refractivity contribution is -0.144. The van der Waals surface area contributed by atoms with Gasteiger partial charge in [-0.15, -0.1) is 0 Å². The zero-order valence-corrected chi connectivity index (χ0v) is 48.2. The molecule has 71 heavy (non-hydrogen) atoms. The molecule has 420 valence electrons. The first kappa shape index (κ1) is 69.3. The van der Waals surface area contributed by atoms with Crippen LogP contribution in [0.15, 0.2) is 24.3 Å². The number of hydrogen-bond donors (Lipinski definition) is 1. The topological polar surface area (TPSA) is 82.6 Å². The summed E-state index contributed by atoms with van der Waals surface area (Å²) in [4.78, 5) is 32.0. The van der Waals surface area contributed by atoms with Crippen LogP contribution >= 0.6 is 0 Å². The molecule has 0 unspecified atom stereocenters. The highest BCUT2D eigenvalue weighted by molar-refractivity contribution is 5.69. The van der Waals surface area contributed by atoms with Crippen LogP contribution in [0.3, 0.4) is 0 Å². The molecule has 0 saturated carbocycles. The number of carbonyl (C=O) groups excluding carboxylic acids is 2. The average Bonchev–Trinajstić information content (AvgIpc) is 3.37. The van der Waals surface area contributed by atoms with Crippen molar-refractivity contribution in [2.75, 3.05) is 78.7 Å². The van der Waals surface area contributed by atoms with Gasteiger partial charge >= 0.3 is 11.9 Å². The maximum absolute atomic E-state index is 12.2. The summed E-state index contributed by atoms with van der Waals surface area (Å²) in [6.07, 6.45) is 58.6. The fourth-order valence-electron chi connectivity index (χ4n) is 9.66. The molecule has 0 aliphatic carbocycles. The molecule has 0 saturated heterocycles. The van der Waals surface area contributed by atoms with Gasteiger partial charge in [0.2, 0.25) is 0 Å². The summed E-state index contributed by atoms with van der Waals surface area (Å²) in [5.41, 5.74) is 0. The molecule has 1 N–H and O–H groups in total. The van der Waals surface area contributed by atoms with Crippen molar-refractivity contribution in [3.63, 3.8) is 0 Å². The van der Waals surface area contributed by atoms with E-state index in [2.05, 4.69) is 66.7 Å². The van der Waals surface area contributed by atoms with Crippen molar-refractivity contribution in [2.45, 2.75) is 291 Å². The molecule has 0 rings (SSSR count). The molecular weight excluding hydrogens is 879 g/mol. The summed E-state index contributed by atoms with van der Waals surface area (Å²) < 4.78 is 11.0. The van der Waals surface area contributed by atoms with Gasteiger partial charge in [-0.05, 0) is 129 Å². The number of ether oxygens (including phenoxy) is 2. The molecule has 0 aromatic carbocycles. The third-order valence-electron chi connectivity index (χ3n) is 14.5. The van der Waals surface area contributed by atoms with Gasteiger partial charge in [0, 0.05) is 32.5 Å². The van der Waals surface area contributed by atoms with Crippen LogP contribution in [0.1, 0.15) is 291 Å². The number of nitrogens with zero attached hydrogens (tertiary/aromatic N) is 3. The number of esters is 2. The number of hydrogen-bond acceptors (Lipinski definition) is 8. The van der Waals surface area contributed by atoms with Crippen LogP contribution in [-0.4, -0.2) is 110 Å². The van der Waals surface area contributed by atoms with Gasteiger partial charge in [-0.2, -0.15) is 0 Å². The second kappa shape index (κ2) is 59.1. The van der Waals surface area contributed by atoms with Crippen molar-refractivity contribution in [2.24, 2.45) is 0 Å². The quantitative estimate of drug-likeness (QED) is 0.0367. The Labute approximate surface area is 443 Å². The van der Waals surface area contributed by atoms with E-state index in [1.165, 1.54) is 232 Å². The van der Waals surface area contributed by atoms with Crippen LogP contribution in [-0.2, 0) is 19.1 Å². The van der Waals surface area contributed by atoms with Gasteiger partial charge in [-0.3, -0.25) is 9.59 Å². The Bertz CT molecular complexity index is 1130. The minimum atomic E-state index is -0.0141. The van der Waals surface area contributed by atoms with Gasteiger partial charge in [0.05, 0.1) is 19.8 Å². The summed E-state index contributed by atoms with van der Waals surface area (Å²) in [7, 11) is 0. The third-order valence-corrected chi connectivity index (χ3v) is 14.5. The first-order chi connectivity index (χ1) is 35.0. The van der Waals surface area contributed by atoms with E-state index in [1.807, 2.05) is 0 Å². The SMILES string of the molecule is CCCCC/C=C\CCN(CC)CCCCCCCCCCOC(=O)CCCCCCCCCN(CCO)CCCCCCCCCC(=O)OCCCCCCCCCN(CC)CC/C=C\CCCCC. The van der Waals surface area contributed by atoms with Gasteiger partial charge in [0.15, 0.2) is 0 Å². The molecule has 0 fully saturated rings. The average molecular weight is 1000 g/mol. The van der Waals surface area contributed by atoms with Gasteiger partial charge in [-0.1, -0.05) is 213 Å². The monoisotopic (exact) mass is 1000 g/mol. The van der Waals surface area contributed by atoms with Crippen molar-refractivity contribution in [3.8, 4) is 0 Å². The predicted molar refractivity (Wildman–Crippen MR) is 309 cm³/mol. The number of aliphatic hydroxyl groups excluding tert-OH is 1. The van der Waals surface area contributed by atoms with E-state index in [4.69, 9.17) is 9.47 Å². The van der Waals surface area contributed by atoms with Crippen LogP contribution in [0, 0.1) is 0 Å². The third kappa shape index (κ3) is 54.3. The van der Waals surface area contributed by atoms with Gasteiger partial charge in [0.1, 0.15) is 0 Å². The van der Waals surface area contributed by atoms with Crippen molar-refractivity contribution in [1.29, 1.82) is 0 Å².